The van der Waals surface area contributed by atoms with Crippen molar-refractivity contribution < 1.29 is 9.47 Å². The van der Waals surface area contributed by atoms with E-state index in [9.17, 15) is 0 Å². The monoisotopic (exact) mass is 282 g/mol. The van der Waals surface area contributed by atoms with Crippen molar-refractivity contribution in [2.45, 2.75) is 12.8 Å². The molecule has 0 saturated carbocycles. The highest BCUT2D eigenvalue weighted by molar-refractivity contribution is 6.00. The molecular formula is C17H18N2O2. The molecule has 21 heavy (non-hydrogen) atoms. The summed E-state index contributed by atoms with van der Waals surface area (Å²) in [6.45, 7) is 1.89. The van der Waals surface area contributed by atoms with Crippen molar-refractivity contribution >= 4 is 11.8 Å². The van der Waals surface area contributed by atoms with Crippen molar-refractivity contribution in [3.63, 3.8) is 0 Å². The lowest BCUT2D eigenvalue weighted by molar-refractivity contribution is 0.414. The van der Waals surface area contributed by atoms with E-state index in [2.05, 4.69) is 0 Å². The van der Waals surface area contributed by atoms with Crippen LogP contribution in [-0.2, 0) is 4.74 Å². The van der Waals surface area contributed by atoms with E-state index in [1.54, 1.807) is 31.4 Å². The van der Waals surface area contributed by atoms with Gasteiger partial charge in [-0.3, -0.25) is 10.8 Å². The largest absolute Gasteiger partial charge is 0.497 e. The zero-order valence-electron chi connectivity index (χ0n) is 12.1. The molecule has 2 N–H and O–H groups in total. The molecular weight excluding hydrogens is 264 g/mol. The highest BCUT2D eigenvalue weighted by Crippen LogP contribution is 2.18. The lowest BCUT2D eigenvalue weighted by Gasteiger charge is -2.15. The maximum absolute atomic E-state index is 8.02. The van der Waals surface area contributed by atoms with E-state index in [0.717, 1.165) is 5.56 Å². The third-order valence-corrected chi connectivity index (χ3v) is 3.24. The van der Waals surface area contributed by atoms with Crippen LogP contribution in [0.3, 0.4) is 0 Å². The maximum atomic E-state index is 8.02. The van der Waals surface area contributed by atoms with Gasteiger partial charge in [0.25, 0.3) is 0 Å². The summed E-state index contributed by atoms with van der Waals surface area (Å²) in [5.74, 6) is 0.455. The molecule has 108 valence electrons. The third kappa shape index (κ3) is 3.69. The molecule has 1 atom stereocenters. The predicted molar refractivity (Wildman–Crippen MR) is 83.5 cm³/mol. The van der Waals surface area contributed by atoms with Gasteiger partial charge in [-0.2, -0.15) is 0 Å². The molecule has 0 amide bonds. The molecule has 0 fully saturated rings. The van der Waals surface area contributed by atoms with E-state index in [4.69, 9.17) is 20.3 Å². The highest BCUT2D eigenvalue weighted by atomic mass is 16.5. The fourth-order valence-electron chi connectivity index (χ4n) is 1.91. The van der Waals surface area contributed by atoms with Crippen LogP contribution in [0.5, 0.6) is 5.75 Å². The van der Waals surface area contributed by atoms with Gasteiger partial charge in [0.05, 0.1) is 13.0 Å². The lowest BCUT2D eigenvalue weighted by atomic mass is 10.0. The standard InChI is InChI=1S/C17H18N2O2/c1-12(13-7-4-3-5-8-13)16(18)21-17(19)14-9-6-10-15(11-14)20-2/h3-12,18-19H,1-2H3. The second kappa shape index (κ2) is 6.70. The first-order valence-corrected chi connectivity index (χ1v) is 6.66. The number of benzene rings is 2. The minimum Gasteiger partial charge on any atom is -0.497 e. The van der Waals surface area contributed by atoms with Crippen molar-refractivity contribution in [3.05, 3.63) is 65.7 Å². The molecule has 4 nitrogen and oxygen atoms in total. The van der Waals surface area contributed by atoms with Gasteiger partial charge in [0.1, 0.15) is 5.75 Å². The zero-order valence-corrected chi connectivity index (χ0v) is 12.1. The summed E-state index contributed by atoms with van der Waals surface area (Å²) >= 11 is 0. The van der Waals surface area contributed by atoms with Crippen molar-refractivity contribution in [2.75, 3.05) is 7.11 Å². The fraction of sp³-hybridized carbons (Fsp3) is 0.176. The van der Waals surface area contributed by atoms with Gasteiger partial charge in [-0.05, 0) is 30.7 Å². The van der Waals surface area contributed by atoms with Gasteiger partial charge >= 0.3 is 0 Å². The van der Waals surface area contributed by atoms with Crippen molar-refractivity contribution in [2.24, 2.45) is 0 Å². The van der Waals surface area contributed by atoms with Crippen LogP contribution in [0.1, 0.15) is 24.0 Å². The molecule has 0 bridgehead atoms. The van der Waals surface area contributed by atoms with Crippen LogP contribution in [0.2, 0.25) is 0 Å². The number of ether oxygens (including phenoxy) is 2. The van der Waals surface area contributed by atoms with Gasteiger partial charge in [-0.1, -0.05) is 36.4 Å². The Balaban J connectivity index is 2.06. The Morgan fingerprint density at radius 2 is 1.71 bits per heavy atom. The predicted octanol–water partition coefficient (Wildman–Crippen LogP) is 3.82. The van der Waals surface area contributed by atoms with Crippen LogP contribution >= 0.6 is 0 Å². The fourth-order valence-corrected chi connectivity index (χ4v) is 1.91. The van der Waals surface area contributed by atoms with E-state index in [1.165, 1.54) is 0 Å². The molecule has 0 aromatic heterocycles. The molecule has 2 rings (SSSR count). The summed E-state index contributed by atoms with van der Waals surface area (Å²) in [6, 6.07) is 16.7. The normalized spacial score (nSPS) is 11.5. The van der Waals surface area contributed by atoms with Crippen LogP contribution in [0.15, 0.2) is 54.6 Å². The summed E-state index contributed by atoms with van der Waals surface area (Å²) in [4.78, 5) is 0. The molecule has 0 radical (unpaired) electrons. The first kappa shape index (κ1) is 14.8. The SMILES string of the molecule is COc1cccc(C(=N)OC(=N)C(C)c2ccccc2)c1. The van der Waals surface area contributed by atoms with Gasteiger partial charge in [0.2, 0.25) is 5.90 Å². The van der Waals surface area contributed by atoms with Crippen molar-refractivity contribution in [3.8, 4) is 5.75 Å². The Kier molecular flexibility index (Phi) is 4.72. The molecule has 0 spiro atoms. The Bertz CT molecular complexity index is 638. The molecule has 0 aliphatic heterocycles. The van der Waals surface area contributed by atoms with E-state index in [1.807, 2.05) is 37.3 Å². The molecule has 0 aliphatic rings. The van der Waals surface area contributed by atoms with Crippen molar-refractivity contribution in [1.82, 2.24) is 0 Å². The van der Waals surface area contributed by atoms with Crippen LogP contribution < -0.4 is 4.74 Å². The van der Waals surface area contributed by atoms with Gasteiger partial charge in [-0.15, -0.1) is 0 Å². The Morgan fingerprint density at radius 1 is 1.00 bits per heavy atom. The average molecular weight is 282 g/mol. The Morgan fingerprint density at radius 3 is 2.38 bits per heavy atom. The van der Waals surface area contributed by atoms with Gasteiger partial charge < -0.3 is 9.47 Å². The van der Waals surface area contributed by atoms with E-state index in [0.29, 0.717) is 11.3 Å². The van der Waals surface area contributed by atoms with Gasteiger partial charge in [0.15, 0.2) is 5.90 Å². The minimum atomic E-state index is -0.197. The van der Waals surface area contributed by atoms with Crippen LogP contribution in [-0.4, -0.2) is 18.9 Å². The minimum absolute atomic E-state index is 0.0500. The average Bonchev–Trinajstić information content (AvgIpc) is 2.54. The summed E-state index contributed by atoms with van der Waals surface area (Å²) in [7, 11) is 1.57. The second-order valence-corrected chi connectivity index (χ2v) is 4.66. The van der Waals surface area contributed by atoms with E-state index in [-0.39, 0.29) is 17.7 Å². The molecule has 1 unspecified atom stereocenters. The summed E-state index contributed by atoms with van der Waals surface area (Å²) in [5, 5.41) is 16.0. The number of hydrogen-bond donors (Lipinski definition) is 2. The van der Waals surface area contributed by atoms with Crippen LogP contribution in [0, 0.1) is 10.8 Å². The number of methoxy groups -OCH3 is 1. The number of hydrogen-bond acceptors (Lipinski definition) is 4. The van der Waals surface area contributed by atoms with Crippen LogP contribution in [0.4, 0.5) is 0 Å². The maximum Gasteiger partial charge on any atom is 0.221 e. The number of nitrogens with one attached hydrogen (secondary N) is 2. The van der Waals surface area contributed by atoms with Gasteiger partial charge in [0, 0.05) is 5.56 Å². The van der Waals surface area contributed by atoms with Crippen LogP contribution in [0.25, 0.3) is 0 Å². The highest BCUT2D eigenvalue weighted by Gasteiger charge is 2.15. The Labute approximate surface area is 124 Å². The zero-order chi connectivity index (χ0) is 15.2. The van der Waals surface area contributed by atoms with Gasteiger partial charge in [-0.25, -0.2) is 0 Å². The molecule has 2 aromatic rings. The topological polar surface area (TPSA) is 66.2 Å². The summed E-state index contributed by atoms with van der Waals surface area (Å²) in [5.41, 5.74) is 1.57. The first-order chi connectivity index (χ1) is 10.1. The molecule has 0 aliphatic carbocycles. The third-order valence-electron chi connectivity index (χ3n) is 3.24. The van der Waals surface area contributed by atoms with Crippen molar-refractivity contribution in [1.29, 1.82) is 10.8 Å². The Hall–Kier alpha value is -2.62. The molecule has 2 aromatic carbocycles. The number of rotatable bonds is 4. The molecule has 0 heterocycles. The van der Waals surface area contributed by atoms with E-state index >= 15 is 0 Å². The molecule has 0 saturated heterocycles. The summed E-state index contributed by atoms with van der Waals surface area (Å²) in [6.07, 6.45) is 0. The van der Waals surface area contributed by atoms with E-state index < -0.39 is 0 Å². The molecule has 4 heteroatoms. The second-order valence-electron chi connectivity index (χ2n) is 4.66. The lowest BCUT2D eigenvalue weighted by Crippen LogP contribution is -2.17. The first-order valence-electron chi connectivity index (χ1n) is 6.66. The quantitative estimate of drug-likeness (QED) is 0.661. The smallest absolute Gasteiger partial charge is 0.221 e. The summed E-state index contributed by atoms with van der Waals surface area (Å²) < 4.78 is 10.5.